The molecule has 0 unspecified atom stereocenters. The molecule has 2 aromatic carbocycles. The van der Waals surface area contributed by atoms with Gasteiger partial charge >= 0.3 is 0 Å². The lowest BCUT2D eigenvalue weighted by molar-refractivity contribution is 0.0539. The Hall–Kier alpha value is -1.47. The Labute approximate surface area is 183 Å². The average Bonchev–Trinajstić information content (AvgIpc) is 2.65. The fourth-order valence-corrected chi connectivity index (χ4v) is 5.71. The summed E-state index contributed by atoms with van der Waals surface area (Å²) in [7, 11) is -5.79. The lowest BCUT2D eigenvalue weighted by atomic mass is 9.91. The van der Waals surface area contributed by atoms with Crippen molar-refractivity contribution in [1.82, 2.24) is 0 Å². The van der Waals surface area contributed by atoms with Gasteiger partial charge in [0.05, 0.1) is 17.1 Å². The van der Waals surface area contributed by atoms with Crippen LogP contribution in [0.15, 0.2) is 59.5 Å². The molecule has 0 heterocycles. The zero-order chi connectivity index (χ0) is 22.6. The van der Waals surface area contributed by atoms with Crippen LogP contribution in [0.1, 0.15) is 51.7 Å². The van der Waals surface area contributed by atoms with Gasteiger partial charge in [0.1, 0.15) is 0 Å². The van der Waals surface area contributed by atoms with Crippen LogP contribution in [0.2, 0.25) is 18.1 Å². The summed E-state index contributed by atoms with van der Waals surface area (Å²) in [5.74, 6) is 0. The monoisotopic (exact) mass is 448 g/mol. The first kappa shape index (κ1) is 24.8. The van der Waals surface area contributed by atoms with E-state index in [0.717, 1.165) is 11.1 Å². The Morgan fingerprint density at radius 3 is 2.00 bits per heavy atom. The molecule has 0 saturated heterocycles. The van der Waals surface area contributed by atoms with Crippen molar-refractivity contribution in [3.05, 3.63) is 65.7 Å². The van der Waals surface area contributed by atoms with Gasteiger partial charge in [-0.2, -0.15) is 8.42 Å². The summed E-state index contributed by atoms with van der Waals surface area (Å²) in [6.07, 6.45) is 1.25. The quantitative estimate of drug-likeness (QED) is 0.252. The molecule has 0 aromatic heterocycles. The fraction of sp³-hybridized carbons (Fsp3) is 0.500. The third kappa shape index (κ3) is 6.26. The highest BCUT2D eigenvalue weighted by Gasteiger charge is 2.43. The second-order valence-electron chi connectivity index (χ2n) is 9.65. The van der Waals surface area contributed by atoms with Crippen molar-refractivity contribution in [2.75, 3.05) is 6.61 Å². The molecule has 30 heavy (non-hydrogen) atoms. The molecule has 6 heteroatoms. The van der Waals surface area contributed by atoms with Crippen LogP contribution in [0, 0.1) is 6.92 Å². The Balaban J connectivity index is 2.11. The third-order valence-corrected chi connectivity index (χ3v) is 11.9. The van der Waals surface area contributed by atoms with Crippen LogP contribution in [-0.4, -0.2) is 23.3 Å². The molecule has 0 aliphatic rings. The Morgan fingerprint density at radius 2 is 1.47 bits per heavy atom. The molecule has 4 nitrogen and oxygen atoms in total. The molecule has 0 saturated carbocycles. The van der Waals surface area contributed by atoms with Crippen LogP contribution >= 0.6 is 0 Å². The van der Waals surface area contributed by atoms with Crippen LogP contribution in [0.25, 0.3) is 0 Å². The highest BCUT2D eigenvalue weighted by atomic mass is 32.2. The Morgan fingerprint density at radius 1 is 0.900 bits per heavy atom. The summed E-state index contributed by atoms with van der Waals surface area (Å²) in [6, 6.07) is 16.9. The molecule has 1 atom stereocenters. The van der Waals surface area contributed by atoms with Crippen molar-refractivity contribution in [3.63, 3.8) is 0 Å². The van der Waals surface area contributed by atoms with Crippen LogP contribution in [0.3, 0.4) is 0 Å². The van der Waals surface area contributed by atoms with Gasteiger partial charge in [0, 0.05) is 0 Å². The van der Waals surface area contributed by atoms with Crippen LogP contribution in [0.4, 0.5) is 0 Å². The van der Waals surface area contributed by atoms with E-state index in [9.17, 15) is 8.42 Å². The normalized spacial score (nSPS) is 15.0. The van der Waals surface area contributed by atoms with E-state index in [-0.39, 0.29) is 16.5 Å². The predicted molar refractivity (Wildman–Crippen MR) is 126 cm³/mol. The molecule has 2 aromatic rings. The second kappa shape index (κ2) is 9.35. The minimum absolute atomic E-state index is 0.0777. The van der Waals surface area contributed by atoms with Crippen LogP contribution in [-0.2, 0) is 24.3 Å². The number of rotatable bonds is 9. The van der Waals surface area contributed by atoms with Gasteiger partial charge in [-0.3, -0.25) is 4.18 Å². The molecule has 166 valence electrons. The molecular formula is C24H36O4SSi. The predicted octanol–water partition coefficient (Wildman–Crippen LogP) is 6.42. The summed E-state index contributed by atoms with van der Waals surface area (Å²) >= 11 is 0. The van der Waals surface area contributed by atoms with Gasteiger partial charge in [0.25, 0.3) is 10.1 Å². The number of hydrogen-bond acceptors (Lipinski definition) is 4. The zero-order valence-electron chi connectivity index (χ0n) is 19.4. The van der Waals surface area contributed by atoms with Crippen molar-refractivity contribution >= 4 is 18.4 Å². The molecular weight excluding hydrogens is 412 g/mol. The van der Waals surface area contributed by atoms with E-state index < -0.39 is 24.0 Å². The number of hydrogen-bond donors (Lipinski definition) is 0. The Kier molecular flexibility index (Phi) is 7.72. The standard InChI is InChI=1S/C24H36O4SSi/c1-20-14-16-22(17-15-20)29(25,26)27-19-11-18-24(5,21-12-9-8-10-13-21)28-30(6,7)23(2,3)4/h8-10,12-17H,11,18-19H2,1-7H3/t24-/m1/s1. The molecule has 0 radical (unpaired) electrons. The van der Waals surface area contributed by atoms with Gasteiger partial charge in [0.15, 0.2) is 8.32 Å². The van der Waals surface area contributed by atoms with Gasteiger partial charge in [-0.25, -0.2) is 0 Å². The molecule has 0 bridgehead atoms. The summed E-state index contributed by atoms with van der Waals surface area (Å²) in [5.41, 5.74) is 1.62. The van der Waals surface area contributed by atoms with Gasteiger partial charge in [-0.1, -0.05) is 68.8 Å². The van der Waals surface area contributed by atoms with E-state index in [1.54, 1.807) is 24.3 Å². The number of aryl methyl sites for hydroxylation is 1. The summed E-state index contributed by atoms with van der Waals surface area (Å²) in [6.45, 7) is 15.3. The van der Waals surface area contributed by atoms with Gasteiger partial charge < -0.3 is 4.43 Å². The van der Waals surface area contributed by atoms with Crippen molar-refractivity contribution in [2.45, 2.75) is 76.1 Å². The topological polar surface area (TPSA) is 52.6 Å². The fourth-order valence-electron chi connectivity index (χ4n) is 3.11. The lowest BCUT2D eigenvalue weighted by Crippen LogP contribution is -2.47. The smallest absolute Gasteiger partial charge is 0.296 e. The van der Waals surface area contributed by atoms with Crippen LogP contribution in [0.5, 0.6) is 0 Å². The summed E-state index contributed by atoms with van der Waals surface area (Å²) in [4.78, 5) is 0.191. The second-order valence-corrected chi connectivity index (χ2v) is 16.0. The molecule has 0 fully saturated rings. The van der Waals surface area contributed by atoms with E-state index in [0.29, 0.717) is 12.8 Å². The third-order valence-electron chi connectivity index (χ3n) is 6.02. The number of benzene rings is 2. The largest absolute Gasteiger partial charge is 0.408 e. The molecule has 0 spiro atoms. The highest BCUT2D eigenvalue weighted by molar-refractivity contribution is 7.86. The van der Waals surface area contributed by atoms with E-state index in [4.69, 9.17) is 8.61 Å². The minimum Gasteiger partial charge on any atom is -0.408 e. The van der Waals surface area contributed by atoms with Crippen LogP contribution < -0.4 is 0 Å². The van der Waals surface area contributed by atoms with E-state index >= 15 is 0 Å². The summed E-state index contributed by atoms with van der Waals surface area (Å²) < 4.78 is 37.1. The van der Waals surface area contributed by atoms with Gasteiger partial charge in [-0.15, -0.1) is 0 Å². The van der Waals surface area contributed by atoms with Crippen molar-refractivity contribution in [1.29, 1.82) is 0 Å². The molecule has 0 N–H and O–H groups in total. The molecule has 0 aliphatic carbocycles. The maximum absolute atomic E-state index is 12.5. The van der Waals surface area contributed by atoms with Gasteiger partial charge in [0.2, 0.25) is 0 Å². The average molecular weight is 449 g/mol. The first-order chi connectivity index (χ1) is 13.8. The summed E-state index contributed by atoms with van der Waals surface area (Å²) in [5, 5.41) is 0.0777. The first-order valence-corrected chi connectivity index (χ1v) is 14.8. The first-order valence-electron chi connectivity index (χ1n) is 10.5. The van der Waals surface area contributed by atoms with Gasteiger partial charge in [-0.05, 0) is 62.5 Å². The maximum atomic E-state index is 12.5. The lowest BCUT2D eigenvalue weighted by Gasteiger charge is -2.44. The zero-order valence-corrected chi connectivity index (χ0v) is 21.2. The highest BCUT2D eigenvalue weighted by Crippen LogP contribution is 2.43. The van der Waals surface area contributed by atoms with Crippen molar-refractivity contribution in [2.24, 2.45) is 0 Å². The van der Waals surface area contributed by atoms with E-state index in [2.05, 4.69) is 52.9 Å². The van der Waals surface area contributed by atoms with E-state index in [1.807, 2.05) is 25.1 Å². The minimum atomic E-state index is -3.75. The van der Waals surface area contributed by atoms with Crippen molar-refractivity contribution in [3.8, 4) is 0 Å². The SMILES string of the molecule is Cc1ccc(S(=O)(=O)OCCC[C@@](C)(O[Si](C)(C)C(C)(C)C)c2ccccc2)cc1. The molecule has 0 aliphatic heterocycles. The molecule has 2 rings (SSSR count). The Bertz CT molecular complexity index is 916. The van der Waals surface area contributed by atoms with Crippen molar-refractivity contribution < 1.29 is 17.0 Å². The maximum Gasteiger partial charge on any atom is 0.296 e. The van der Waals surface area contributed by atoms with E-state index in [1.165, 1.54) is 0 Å². The molecule has 0 amide bonds.